The van der Waals surface area contributed by atoms with Crippen molar-refractivity contribution in [2.75, 3.05) is 28.4 Å². The van der Waals surface area contributed by atoms with E-state index >= 15 is 0 Å². The van der Waals surface area contributed by atoms with Crippen molar-refractivity contribution in [2.45, 2.75) is 10.8 Å². The highest BCUT2D eigenvalue weighted by atomic mass is 79.9. The first-order valence-electron chi connectivity index (χ1n) is 30.9. The van der Waals surface area contributed by atoms with Crippen molar-refractivity contribution in [3.63, 3.8) is 0 Å². The van der Waals surface area contributed by atoms with Crippen LogP contribution in [0.1, 0.15) is 44.5 Å². The zero-order valence-corrected chi connectivity index (χ0v) is 55.1. The maximum Gasteiger partial charge on any atom is 0.118 e. The molecule has 0 unspecified atom stereocenters. The number of hydrogen-bond acceptors (Lipinski definition) is 7. The molecule has 0 aliphatic heterocycles. The number of hydrogen-bond donors (Lipinski definition) is 0. The Morgan fingerprint density at radius 1 is 0.290 bits per heavy atom. The fourth-order valence-electron chi connectivity index (χ4n) is 15.3. The first-order valence-corrected chi connectivity index (χ1v) is 33.3. The number of halogens is 2. The third-order valence-electron chi connectivity index (χ3n) is 19.4. The highest BCUT2D eigenvalue weighted by molar-refractivity contribution is 9.10. The van der Waals surface area contributed by atoms with Gasteiger partial charge in [0, 0.05) is 30.8 Å². The number of methoxy groups -OCH3 is 4. The number of nitrogens with zero attached hydrogens (tertiary/aromatic N) is 2. The summed E-state index contributed by atoms with van der Waals surface area (Å²) >= 11 is 9.17. The minimum Gasteiger partial charge on any atom is -0.497 e. The van der Waals surface area contributed by atoms with Crippen LogP contribution in [0.3, 0.4) is 0 Å². The van der Waals surface area contributed by atoms with Gasteiger partial charge in [0.1, 0.15) is 34.0 Å². The van der Waals surface area contributed by atoms with Gasteiger partial charge in [0.15, 0.2) is 0 Å². The van der Waals surface area contributed by atoms with E-state index in [-0.39, 0.29) is 0 Å². The van der Waals surface area contributed by atoms with Crippen molar-refractivity contribution in [2.24, 2.45) is 0 Å². The monoisotopic (exact) mass is 1350 g/mol. The van der Waals surface area contributed by atoms with Gasteiger partial charge in [-0.25, -0.2) is 9.97 Å². The first kappa shape index (κ1) is 56.8. The lowest BCUT2D eigenvalue weighted by Gasteiger charge is -2.34. The summed E-state index contributed by atoms with van der Waals surface area (Å²) in [4.78, 5) is 14.3. The van der Waals surface area contributed by atoms with Crippen LogP contribution in [-0.4, -0.2) is 38.4 Å². The molecule has 446 valence electrons. The van der Waals surface area contributed by atoms with Crippen molar-refractivity contribution >= 4 is 86.8 Å². The summed E-state index contributed by atoms with van der Waals surface area (Å²) in [6.45, 7) is 0. The molecule has 0 amide bonds. The van der Waals surface area contributed by atoms with Crippen LogP contribution < -0.4 is 18.9 Å². The average Bonchev–Trinajstić information content (AvgIpc) is 1.55. The van der Waals surface area contributed by atoms with Crippen molar-refractivity contribution in [1.82, 2.24) is 9.97 Å². The largest absolute Gasteiger partial charge is 0.497 e. The van der Waals surface area contributed by atoms with Crippen molar-refractivity contribution < 1.29 is 18.9 Å². The summed E-state index contributed by atoms with van der Waals surface area (Å²) in [5, 5.41) is 4.26. The van der Waals surface area contributed by atoms with Crippen LogP contribution in [-0.2, 0) is 10.8 Å². The van der Waals surface area contributed by atoms with Gasteiger partial charge in [-0.3, -0.25) is 0 Å². The van der Waals surface area contributed by atoms with E-state index in [4.69, 9.17) is 28.9 Å². The standard InChI is InChI=1S/C84H56Br2N2O4S/c1-89-59-37-25-53(26-38-59)83(54-27-39-60(90-2)40-28-54)71-15-7-5-11-65(71)75-67(13-9-17-73(75)83)81-79-80(88-78-64-46-24-52(50-21-35-58(86)36-22-50)48-70(64)69-47-51(23-45-63(69)77(78)87-79)49-19-33-57(85)34-20-49)82(93-81)68-14-10-18-74-76(68)66-12-6-8-16-72(66)84(74,55-29-41-61(91-3)42-30-55)56-31-43-62(92-4)44-32-56/h5-48H,1-4H3. The highest BCUT2D eigenvalue weighted by Gasteiger charge is 2.49. The Morgan fingerprint density at radius 2 is 0.602 bits per heavy atom. The molecular formula is C84H56Br2N2O4S. The Balaban J connectivity index is 1.00. The van der Waals surface area contributed by atoms with Crippen LogP contribution in [0.25, 0.3) is 109 Å². The Labute approximate surface area is 559 Å². The van der Waals surface area contributed by atoms with Crippen molar-refractivity contribution in [1.29, 1.82) is 0 Å². The van der Waals surface area contributed by atoms with Gasteiger partial charge in [0.2, 0.25) is 0 Å². The number of rotatable bonds is 12. The Hall–Kier alpha value is -10.2. The molecule has 13 aromatic carbocycles. The van der Waals surface area contributed by atoms with Crippen LogP contribution in [0.2, 0.25) is 0 Å². The van der Waals surface area contributed by atoms with Gasteiger partial charge in [-0.15, -0.1) is 11.3 Å². The number of thiophene rings is 1. The molecule has 6 nitrogen and oxygen atoms in total. The third-order valence-corrected chi connectivity index (χ3v) is 21.7. The molecular weight excluding hydrogens is 1290 g/mol. The number of benzene rings is 13. The van der Waals surface area contributed by atoms with E-state index in [9.17, 15) is 0 Å². The lowest BCUT2D eigenvalue weighted by atomic mass is 9.67. The Kier molecular flexibility index (Phi) is 13.6. The topological polar surface area (TPSA) is 62.7 Å². The van der Waals surface area contributed by atoms with Gasteiger partial charge in [-0.2, -0.15) is 0 Å². The maximum atomic E-state index is 6.13. The summed E-state index contributed by atoms with van der Waals surface area (Å²) in [6.07, 6.45) is 0. The molecule has 93 heavy (non-hydrogen) atoms. The number of aromatic nitrogens is 2. The molecule has 0 radical (unpaired) electrons. The normalized spacial score (nSPS) is 13.2. The van der Waals surface area contributed by atoms with E-state index in [1.54, 1.807) is 39.8 Å². The fraction of sp³-hybridized carbons (Fsp3) is 0.0714. The van der Waals surface area contributed by atoms with Gasteiger partial charge in [0.25, 0.3) is 0 Å². The lowest BCUT2D eigenvalue weighted by molar-refractivity contribution is 0.414. The zero-order chi connectivity index (χ0) is 62.7. The Bertz CT molecular complexity index is 5060. The van der Waals surface area contributed by atoms with Gasteiger partial charge in [-0.1, -0.05) is 214 Å². The molecule has 0 saturated heterocycles. The van der Waals surface area contributed by atoms with Crippen LogP contribution in [0.4, 0.5) is 0 Å². The minimum atomic E-state index is -0.734. The molecule has 17 rings (SSSR count). The van der Waals surface area contributed by atoms with Crippen molar-refractivity contribution in [3.05, 3.63) is 320 Å². The molecule has 9 heteroatoms. The minimum absolute atomic E-state index is 0.734. The summed E-state index contributed by atoms with van der Waals surface area (Å²) in [7, 11) is 6.89. The molecule has 0 saturated carbocycles. The molecule has 2 aliphatic rings. The van der Waals surface area contributed by atoms with Gasteiger partial charge in [0.05, 0.1) is 60.1 Å². The summed E-state index contributed by atoms with van der Waals surface area (Å²) in [6, 6.07) is 97.0. The zero-order valence-electron chi connectivity index (χ0n) is 51.1. The smallest absolute Gasteiger partial charge is 0.118 e. The molecule has 15 aromatic rings. The molecule has 0 N–H and O–H groups in total. The molecule has 0 spiro atoms. The van der Waals surface area contributed by atoms with Gasteiger partial charge >= 0.3 is 0 Å². The quantitative estimate of drug-likeness (QED) is 0.114. The molecule has 0 bridgehead atoms. The van der Waals surface area contributed by atoms with Crippen molar-refractivity contribution in [3.8, 4) is 88.4 Å². The Morgan fingerprint density at radius 3 is 0.946 bits per heavy atom. The van der Waals surface area contributed by atoms with E-state index < -0.39 is 10.8 Å². The molecule has 2 aliphatic carbocycles. The number of ether oxygens (including phenoxy) is 4. The predicted molar refractivity (Wildman–Crippen MR) is 388 cm³/mol. The summed E-state index contributed by atoms with van der Waals surface area (Å²) in [5.74, 6) is 3.18. The third kappa shape index (κ3) is 8.63. The molecule has 0 fully saturated rings. The first-order chi connectivity index (χ1) is 45.7. The number of fused-ring (bicyclic) bond motifs is 13. The fourth-order valence-corrected chi connectivity index (χ4v) is 17.0. The van der Waals surface area contributed by atoms with Gasteiger partial charge in [-0.05, 0) is 185 Å². The summed E-state index contributed by atoms with van der Waals surface area (Å²) in [5.41, 5.74) is 22.4. The summed E-state index contributed by atoms with van der Waals surface area (Å²) < 4.78 is 25.3. The SMILES string of the molecule is COc1ccc(C2(c3ccc(OC)cc3)c3ccccc3-c3c(-c4sc(-c5cccc6c5-c5ccccc5C6(c5ccc(OC)cc5)c5ccc(OC)cc5)c5nc6c7ccc(-c8ccc(Br)cc8)cc7c7cc(-c8ccc(Br)cc8)ccc7c6nc45)cccc32)cc1. The lowest BCUT2D eigenvalue weighted by Crippen LogP contribution is -2.28. The average molecular weight is 1350 g/mol. The van der Waals surface area contributed by atoms with E-state index in [0.29, 0.717) is 0 Å². The predicted octanol–water partition coefficient (Wildman–Crippen LogP) is 22.1. The second-order valence-corrected chi connectivity index (χ2v) is 26.7. The molecule has 0 atom stereocenters. The van der Waals surface area contributed by atoms with E-state index in [0.717, 1.165) is 163 Å². The van der Waals surface area contributed by atoms with Crippen LogP contribution in [0.15, 0.2) is 276 Å². The van der Waals surface area contributed by atoms with Crippen LogP contribution in [0.5, 0.6) is 23.0 Å². The highest BCUT2D eigenvalue weighted by Crippen LogP contribution is 2.63. The second kappa shape index (κ2) is 22.3. The maximum absolute atomic E-state index is 6.13. The van der Waals surface area contributed by atoms with Gasteiger partial charge < -0.3 is 18.9 Å². The van der Waals surface area contributed by atoms with Crippen LogP contribution in [0, 0.1) is 0 Å². The van der Waals surface area contributed by atoms with Crippen LogP contribution >= 0.6 is 43.2 Å². The van der Waals surface area contributed by atoms with E-state index in [1.165, 1.54) is 22.3 Å². The second-order valence-electron chi connectivity index (χ2n) is 23.9. The van der Waals surface area contributed by atoms with E-state index in [1.807, 2.05) is 0 Å². The molecule has 2 aromatic heterocycles. The van der Waals surface area contributed by atoms with E-state index in [2.05, 4.69) is 299 Å². The molecule has 2 heterocycles.